The van der Waals surface area contributed by atoms with E-state index in [0.717, 1.165) is 18.1 Å². The molecule has 1 aliphatic heterocycles. The molecule has 0 aromatic heterocycles. The van der Waals surface area contributed by atoms with Crippen LogP contribution in [-0.2, 0) is 0 Å². The molecule has 2 rings (SSSR count). The van der Waals surface area contributed by atoms with Crippen molar-refractivity contribution in [1.82, 2.24) is 10.6 Å². The van der Waals surface area contributed by atoms with Gasteiger partial charge < -0.3 is 10.6 Å². The van der Waals surface area contributed by atoms with Gasteiger partial charge in [-0.05, 0) is 44.0 Å². The van der Waals surface area contributed by atoms with Crippen LogP contribution in [0.5, 0.6) is 0 Å². The minimum absolute atomic E-state index is 0.364. The van der Waals surface area contributed by atoms with Gasteiger partial charge in [0.25, 0.3) is 0 Å². The highest BCUT2D eigenvalue weighted by Gasteiger charge is 2.15. The Bertz CT molecular complexity index is 334. The van der Waals surface area contributed by atoms with Gasteiger partial charge in [-0.2, -0.15) is 0 Å². The second-order valence-electron chi connectivity index (χ2n) is 4.49. The van der Waals surface area contributed by atoms with E-state index in [9.17, 15) is 0 Å². The Labute approximate surface area is 102 Å². The monoisotopic (exact) mass is 238 g/mol. The van der Waals surface area contributed by atoms with Crippen molar-refractivity contribution < 1.29 is 0 Å². The smallest absolute Gasteiger partial charge is 0.0409 e. The van der Waals surface area contributed by atoms with Gasteiger partial charge in [-0.3, -0.25) is 0 Å². The first-order valence-electron chi connectivity index (χ1n) is 5.98. The van der Waals surface area contributed by atoms with Crippen LogP contribution in [0.3, 0.4) is 0 Å². The first-order valence-corrected chi connectivity index (χ1v) is 6.36. The zero-order valence-corrected chi connectivity index (χ0v) is 10.4. The molecule has 0 spiro atoms. The first kappa shape index (κ1) is 11.9. The van der Waals surface area contributed by atoms with Crippen molar-refractivity contribution in [3.05, 3.63) is 34.9 Å². The highest BCUT2D eigenvalue weighted by Crippen LogP contribution is 2.18. The fraction of sp³-hybridized carbons (Fsp3) is 0.538. The summed E-state index contributed by atoms with van der Waals surface area (Å²) in [6, 6.07) is 9.04. The molecule has 2 unspecified atom stereocenters. The molecule has 1 fully saturated rings. The lowest BCUT2D eigenvalue weighted by Crippen LogP contribution is -2.43. The Kier molecular flexibility index (Phi) is 4.22. The largest absolute Gasteiger partial charge is 0.315 e. The summed E-state index contributed by atoms with van der Waals surface area (Å²) in [6.45, 7) is 4.43. The van der Waals surface area contributed by atoms with E-state index in [1.54, 1.807) is 0 Å². The average molecular weight is 239 g/mol. The zero-order valence-electron chi connectivity index (χ0n) is 9.67. The van der Waals surface area contributed by atoms with E-state index in [2.05, 4.69) is 23.6 Å². The normalized spacial score (nSPS) is 23.0. The Morgan fingerprint density at radius 2 is 2.38 bits per heavy atom. The fourth-order valence-electron chi connectivity index (χ4n) is 2.22. The molecule has 16 heavy (non-hydrogen) atoms. The van der Waals surface area contributed by atoms with Crippen LogP contribution >= 0.6 is 11.6 Å². The molecule has 1 heterocycles. The number of benzene rings is 1. The highest BCUT2D eigenvalue weighted by molar-refractivity contribution is 6.30. The van der Waals surface area contributed by atoms with Crippen molar-refractivity contribution >= 4 is 11.6 Å². The number of hydrogen-bond donors (Lipinski definition) is 2. The van der Waals surface area contributed by atoms with Crippen molar-refractivity contribution in [1.29, 1.82) is 0 Å². The standard InChI is InChI=1S/C13H19ClN2/c1-10(11-4-2-5-12(14)8-11)16-13-6-3-7-15-9-13/h2,4-5,8,10,13,15-16H,3,6-7,9H2,1H3. The van der Waals surface area contributed by atoms with Gasteiger partial charge in [-0.1, -0.05) is 23.7 Å². The zero-order chi connectivity index (χ0) is 11.4. The van der Waals surface area contributed by atoms with Gasteiger partial charge in [-0.25, -0.2) is 0 Å². The van der Waals surface area contributed by atoms with Gasteiger partial charge in [0, 0.05) is 23.7 Å². The highest BCUT2D eigenvalue weighted by atomic mass is 35.5. The summed E-state index contributed by atoms with van der Waals surface area (Å²) in [7, 11) is 0. The molecule has 1 aliphatic rings. The summed E-state index contributed by atoms with van der Waals surface area (Å²) in [5.74, 6) is 0. The van der Waals surface area contributed by atoms with Gasteiger partial charge in [0.1, 0.15) is 0 Å². The molecule has 1 aromatic rings. The third-order valence-corrected chi connectivity index (χ3v) is 3.37. The van der Waals surface area contributed by atoms with Gasteiger partial charge in [-0.15, -0.1) is 0 Å². The van der Waals surface area contributed by atoms with Crippen molar-refractivity contribution in [3.63, 3.8) is 0 Å². The summed E-state index contributed by atoms with van der Waals surface area (Å²) in [5, 5.41) is 7.87. The van der Waals surface area contributed by atoms with Crippen LogP contribution in [0.15, 0.2) is 24.3 Å². The molecule has 0 amide bonds. The number of halogens is 1. The number of hydrogen-bond acceptors (Lipinski definition) is 2. The van der Waals surface area contributed by atoms with Gasteiger partial charge in [0.15, 0.2) is 0 Å². The number of rotatable bonds is 3. The van der Waals surface area contributed by atoms with Crippen LogP contribution in [0.25, 0.3) is 0 Å². The lowest BCUT2D eigenvalue weighted by atomic mass is 10.0. The predicted octanol–water partition coefficient (Wildman–Crippen LogP) is 2.74. The van der Waals surface area contributed by atoms with Crippen LogP contribution in [0, 0.1) is 0 Å². The molecule has 0 saturated carbocycles. The van der Waals surface area contributed by atoms with E-state index in [1.807, 2.05) is 18.2 Å². The van der Waals surface area contributed by atoms with Gasteiger partial charge in [0.05, 0.1) is 0 Å². The molecule has 1 aromatic carbocycles. The molecule has 88 valence electrons. The van der Waals surface area contributed by atoms with Gasteiger partial charge in [0.2, 0.25) is 0 Å². The minimum Gasteiger partial charge on any atom is -0.315 e. The third kappa shape index (κ3) is 3.21. The molecule has 2 nitrogen and oxygen atoms in total. The van der Waals surface area contributed by atoms with E-state index < -0.39 is 0 Å². The fourth-order valence-corrected chi connectivity index (χ4v) is 2.42. The minimum atomic E-state index is 0.364. The summed E-state index contributed by atoms with van der Waals surface area (Å²) >= 11 is 5.99. The maximum absolute atomic E-state index is 5.99. The second-order valence-corrected chi connectivity index (χ2v) is 4.92. The number of piperidine rings is 1. The number of nitrogens with one attached hydrogen (secondary N) is 2. The van der Waals surface area contributed by atoms with Crippen LogP contribution in [0.2, 0.25) is 5.02 Å². The second kappa shape index (κ2) is 5.67. The molecule has 2 atom stereocenters. The van der Waals surface area contributed by atoms with E-state index in [0.29, 0.717) is 12.1 Å². The molecule has 1 saturated heterocycles. The summed E-state index contributed by atoms with van der Waals surface area (Å²) in [5.41, 5.74) is 1.26. The van der Waals surface area contributed by atoms with Crippen LogP contribution in [0.4, 0.5) is 0 Å². The molecule has 0 radical (unpaired) electrons. The third-order valence-electron chi connectivity index (χ3n) is 3.13. The summed E-state index contributed by atoms with van der Waals surface area (Å²) in [4.78, 5) is 0. The summed E-state index contributed by atoms with van der Waals surface area (Å²) < 4.78 is 0. The van der Waals surface area contributed by atoms with Crippen molar-refractivity contribution in [2.75, 3.05) is 13.1 Å². The Hall–Kier alpha value is -0.570. The maximum Gasteiger partial charge on any atom is 0.0409 e. The lowest BCUT2D eigenvalue weighted by Gasteiger charge is -2.27. The van der Waals surface area contributed by atoms with E-state index in [1.165, 1.54) is 18.4 Å². The Balaban J connectivity index is 1.94. The topological polar surface area (TPSA) is 24.1 Å². The van der Waals surface area contributed by atoms with E-state index in [4.69, 9.17) is 11.6 Å². The molecular formula is C13H19ClN2. The van der Waals surface area contributed by atoms with E-state index >= 15 is 0 Å². The molecule has 0 aliphatic carbocycles. The van der Waals surface area contributed by atoms with Crippen LogP contribution < -0.4 is 10.6 Å². The predicted molar refractivity (Wildman–Crippen MR) is 68.9 cm³/mol. The van der Waals surface area contributed by atoms with E-state index in [-0.39, 0.29) is 0 Å². The SMILES string of the molecule is CC(NC1CCCNC1)c1cccc(Cl)c1. The van der Waals surface area contributed by atoms with Crippen LogP contribution in [0.1, 0.15) is 31.4 Å². The molecule has 2 N–H and O–H groups in total. The van der Waals surface area contributed by atoms with Gasteiger partial charge >= 0.3 is 0 Å². The van der Waals surface area contributed by atoms with Crippen LogP contribution in [-0.4, -0.2) is 19.1 Å². The lowest BCUT2D eigenvalue weighted by molar-refractivity contribution is 0.362. The Morgan fingerprint density at radius 3 is 3.06 bits per heavy atom. The molecule has 3 heteroatoms. The quantitative estimate of drug-likeness (QED) is 0.846. The molecular weight excluding hydrogens is 220 g/mol. The maximum atomic E-state index is 5.99. The summed E-state index contributed by atoms with van der Waals surface area (Å²) in [6.07, 6.45) is 2.53. The molecule has 0 bridgehead atoms. The first-order chi connectivity index (χ1) is 7.75. The van der Waals surface area contributed by atoms with Crippen molar-refractivity contribution in [2.24, 2.45) is 0 Å². The van der Waals surface area contributed by atoms with Crippen molar-refractivity contribution in [3.8, 4) is 0 Å². The average Bonchev–Trinajstić information content (AvgIpc) is 2.30. The Morgan fingerprint density at radius 1 is 1.50 bits per heavy atom. The van der Waals surface area contributed by atoms with Crippen molar-refractivity contribution in [2.45, 2.75) is 31.8 Å².